The van der Waals surface area contributed by atoms with Crippen molar-refractivity contribution in [1.29, 1.82) is 0 Å². The quantitative estimate of drug-likeness (QED) is 0.846. The molecule has 1 amide bonds. The van der Waals surface area contributed by atoms with E-state index in [1.165, 1.54) is 4.90 Å². The number of carboxylic acid groups (broad SMARTS) is 1. The van der Waals surface area contributed by atoms with Gasteiger partial charge in [0.25, 0.3) is 0 Å². The summed E-state index contributed by atoms with van der Waals surface area (Å²) in [6, 6.07) is 3.80. The number of likely N-dealkylation sites (tertiary alicyclic amines) is 1. The third kappa shape index (κ3) is 2.05. The minimum atomic E-state index is -0.992. The minimum Gasteiger partial charge on any atom is -0.480 e. The predicted octanol–water partition coefficient (Wildman–Crippen LogP) is 0.954. The van der Waals surface area contributed by atoms with Gasteiger partial charge in [0, 0.05) is 31.9 Å². The molecule has 0 radical (unpaired) electrons. The molecule has 5 heteroatoms. The first-order valence-electron chi connectivity index (χ1n) is 5.69. The van der Waals surface area contributed by atoms with Crippen LogP contribution in [0.25, 0.3) is 0 Å². The Bertz CT molecular complexity index is 427. The van der Waals surface area contributed by atoms with Crippen LogP contribution in [0.1, 0.15) is 19.8 Å². The van der Waals surface area contributed by atoms with Gasteiger partial charge in [0.05, 0.1) is 0 Å². The van der Waals surface area contributed by atoms with Gasteiger partial charge in [-0.3, -0.25) is 4.79 Å². The van der Waals surface area contributed by atoms with Crippen LogP contribution >= 0.6 is 0 Å². The SMILES string of the molecule is CC1(C(=O)O)CCN1C(=O)CCn1cccc1. The highest BCUT2D eigenvalue weighted by Gasteiger charge is 2.49. The summed E-state index contributed by atoms with van der Waals surface area (Å²) in [5.74, 6) is -1.01. The summed E-state index contributed by atoms with van der Waals surface area (Å²) in [6.45, 7) is 2.75. The second kappa shape index (κ2) is 4.24. The lowest BCUT2D eigenvalue weighted by molar-refractivity contribution is -0.168. The monoisotopic (exact) mass is 236 g/mol. The summed E-state index contributed by atoms with van der Waals surface area (Å²) in [4.78, 5) is 24.4. The van der Waals surface area contributed by atoms with Gasteiger partial charge in [-0.1, -0.05) is 0 Å². The molecular formula is C12H16N2O3. The lowest BCUT2D eigenvalue weighted by atomic mass is 9.86. The number of aliphatic carboxylic acids is 1. The van der Waals surface area contributed by atoms with E-state index in [2.05, 4.69) is 0 Å². The molecule has 5 nitrogen and oxygen atoms in total. The number of aromatic nitrogens is 1. The number of amides is 1. The Balaban J connectivity index is 1.91. The molecule has 0 spiro atoms. The number of carbonyl (C=O) groups excluding carboxylic acids is 1. The molecule has 1 atom stereocenters. The van der Waals surface area contributed by atoms with E-state index >= 15 is 0 Å². The van der Waals surface area contributed by atoms with Crippen molar-refractivity contribution < 1.29 is 14.7 Å². The van der Waals surface area contributed by atoms with Crippen molar-refractivity contribution in [3.05, 3.63) is 24.5 Å². The molecular weight excluding hydrogens is 220 g/mol. The molecule has 1 saturated heterocycles. The summed E-state index contributed by atoms with van der Waals surface area (Å²) in [7, 11) is 0. The van der Waals surface area contributed by atoms with Crippen LogP contribution in [0, 0.1) is 0 Å². The van der Waals surface area contributed by atoms with Gasteiger partial charge < -0.3 is 14.6 Å². The van der Waals surface area contributed by atoms with Crippen LogP contribution in [0.5, 0.6) is 0 Å². The summed E-state index contributed by atoms with van der Waals surface area (Å²) < 4.78 is 1.91. The predicted molar refractivity (Wildman–Crippen MR) is 61.4 cm³/mol. The molecule has 1 aromatic rings. The van der Waals surface area contributed by atoms with E-state index in [0.29, 0.717) is 25.9 Å². The number of carbonyl (C=O) groups is 2. The molecule has 0 aliphatic carbocycles. The fourth-order valence-corrected chi connectivity index (χ4v) is 2.06. The smallest absolute Gasteiger partial charge is 0.329 e. The molecule has 0 bridgehead atoms. The number of carboxylic acids is 1. The first kappa shape index (κ1) is 11.7. The lowest BCUT2D eigenvalue weighted by Gasteiger charge is -2.47. The van der Waals surface area contributed by atoms with Gasteiger partial charge in [-0.25, -0.2) is 4.79 Å². The Labute approximate surface area is 99.6 Å². The molecule has 1 aliphatic heterocycles. The van der Waals surface area contributed by atoms with Crippen molar-refractivity contribution in [2.75, 3.05) is 6.54 Å². The number of aryl methyl sites for hydroxylation is 1. The zero-order valence-electron chi connectivity index (χ0n) is 9.80. The van der Waals surface area contributed by atoms with Gasteiger partial charge in [0.1, 0.15) is 5.54 Å². The van der Waals surface area contributed by atoms with E-state index in [4.69, 9.17) is 5.11 Å². The summed E-state index contributed by atoms with van der Waals surface area (Å²) in [6.07, 6.45) is 4.66. The zero-order valence-corrected chi connectivity index (χ0v) is 9.80. The largest absolute Gasteiger partial charge is 0.480 e. The molecule has 1 N–H and O–H groups in total. The van der Waals surface area contributed by atoms with Gasteiger partial charge in [-0.05, 0) is 25.5 Å². The van der Waals surface area contributed by atoms with Gasteiger partial charge in [-0.2, -0.15) is 0 Å². The standard InChI is InChI=1S/C12H16N2O3/c1-12(11(16)17)5-9-14(12)10(15)4-8-13-6-2-3-7-13/h2-3,6-7H,4-5,8-9H2,1H3,(H,16,17). The second-order valence-electron chi connectivity index (χ2n) is 4.55. The third-order valence-electron chi connectivity index (χ3n) is 3.43. The van der Waals surface area contributed by atoms with Gasteiger partial charge >= 0.3 is 5.97 Å². The Morgan fingerprint density at radius 2 is 2.00 bits per heavy atom. The first-order valence-corrected chi connectivity index (χ1v) is 5.69. The van der Waals surface area contributed by atoms with Crippen LogP contribution in [0.4, 0.5) is 0 Å². The van der Waals surface area contributed by atoms with Crippen molar-refractivity contribution in [3.63, 3.8) is 0 Å². The molecule has 1 unspecified atom stereocenters. The van der Waals surface area contributed by atoms with Crippen LogP contribution < -0.4 is 0 Å². The summed E-state index contributed by atoms with van der Waals surface area (Å²) >= 11 is 0. The number of rotatable bonds is 4. The maximum Gasteiger partial charge on any atom is 0.329 e. The normalized spacial score (nSPS) is 23.2. The van der Waals surface area contributed by atoms with Crippen LogP contribution in [-0.4, -0.2) is 38.5 Å². The van der Waals surface area contributed by atoms with E-state index in [-0.39, 0.29) is 5.91 Å². The molecule has 0 aromatic carbocycles. The van der Waals surface area contributed by atoms with Crippen molar-refractivity contribution >= 4 is 11.9 Å². The van der Waals surface area contributed by atoms with E-state index in [1.807, 2.05) is 29.1 Å². The van der Waals surface area contributed by atoms with Gasteiger partial charge in [-0.15, -0.1) is 0 Å². The number of hydrogen-bond acceptors (Lipinski definition) is 2. The molecule has 2 rings (SSSR count). The fourth-order valence-electron chi connectivity index (χ4n) is 2.06. The highest BCUT2D eigenvalue weighted by atomic mass is 16.4. The van der Waals surface area contributed by atoms with Crippen LogP contribution in [0.3, 0.4) is 0 Å². The topological polar surface area (TPSA) is 62.5 Å². The Morgan fingerprint density at radius 3 is 2.47 bits per heavy atom. The zero-order chi connectivity index (χ0) is 12.5. The minimum absolute atomic E-state index is 0.0881. The van der Waals surface area contributed by atoms with Crippen molar-refractivity contribution in [2.24, 2.45) is 0 Å². The molecule has 1 fully saturated rings. The summed E-state index contributed by atoms with van der Waals surface area (Å²) in [5, 5.41) is 9.06. The number of hydrogen-bond donors (Lipinski definition) is 1. The Hall–Kier alpha value is -1.78. The van der Waals surface area contributed by atoms with Crippen molar-refractivity contribution in [2.45, 2.75) is 31.8 Å². The average Bonchev–Trinajstić information content (AvgIpc) is 2.76. The number of nitrogens with zero attached hydrogens (tertiary/aromatic N) is 2. The van der Waals surface area contributed by atoms with Crippen molar-refractivity contribution in [1.82, 2.24) is 9.47 Å². The van der Waals surface area contributed by atoms with E-state index < -0.39 is 11.5 Å². The van der Waals surface area contributed by atoms with Gasteiger partial charge in [0.2, 0.25) is 5.91 Å². The average molecular weight is 236 g/mol. The molecule has 1 aliphatic rings. The fraction of sp³-hybridized carbons (Fsp3) is 0.500. The maximum absolute atomic E-state index is 11.9. The second-order valence-corrected chi connectivity index (χ2v) is 4.55. The lowest BCUT2D eigenvalue weighted by Crippen LogP contribution is -2.64. The highest BCUT2D eigenvalue weighted by molar-refractivity contribution is 5.88. The van der Waals surface area contributed by atoms with Crippen LogP contribution in [-0.2, 0) is 16.1 Å². The third-order valence-corrected chi connectivity index (χ3v) is 3.43. The van der Waals surface area contributed by atoms with Crippen LogP contribution in [0.2, 0.25) is 0 Å². The van der Waals surface area contributed by atoms with E-state index in [9.17, 15) is 9.59 Å². The Kier molecular flexibility index (Phi) is 2.92. The first-order chi connectivity index (χ1) is 8.04. The molecule has 2 heterocycles. The van der Waals surface area contributed by atoms with E-state index in [1.54, 1.807) is 6.92 Å². The molecule has 92 valence electrons. The highest BCUT2D eigenvalue weighted by Crippen LogP contribution is 2.31. The Morgan fingerprint density at radius 1 is 1.35 bits per heavy atom. The maximum atomic E-state index is 11.9. The molecule has 0 saturated carbocycles. The van der Waals surface area contributed by atoms with Crippen LogP contribution in [0.15, 0.2) is 24.5 Å². The molecule has 17 heavy (non-hydrogen) atoms. The van der Waals surface area contributed by atoms with Gasteiger partial charge in [0.15, 0.2) is 0 Å². The molecule has 1 aromatic heterocycles. The summed E-state index contributed by atoms with van der Waals surface area (Å²) in [5.41, 5.74) is -0.992. The van der Waals surface area contributed by atoms with Crippen molar-refractivity contribution in [3.8, 4) is 0 Å². The van der Waals surface area contributed by atoms with E-state index in [0.717, 1.165) is 0 Å².